The summed E-state index contributed by atoms with van der Waals surface area (Å²) in [6.45, 7) is -0.595. The van der Waals surface area contributed by atoms with Gasteiger partial charge in [-0.15, -0.1) is 0 Å². The summed E-state index contributed by atoms with van der Waals surface area (Å²) in [6.07, 6.45) is -2.54. The van der Waals surface area contributed by atoms with Crippen molar-refractivity contribution in [1.29, 1.82) is 0 Å². The Labute approximate surface area is 89.7 Å². The molecule has 2 N–H and O–H groups in total. The lowest BCUT2D eigenvalue weighted by atomic mass is 10.2. The van der Waals surface area contributed by atoms with Crippen LogP contribution in [0, 0.1) is 0 Å². The number of hydrogen-bond donors (Lipinski definition) is 2. The lowest BCUT2D eigenvalue weighted by Gasteiger charge is -2.08. The van der Waals surface area contributed by atoms with E-state index in [1.54, 1.807) is 0 Å². The molecule has 0 saturated heterocycles. The summed E-state index contributed by atoms with van der Waals surface area (Å²) in [5, 5.41) is 11.3. The minimum atomic E-state index is -2.54. The molecule has 0 aliphatic carbocycles. The molecule has 0 bridgehead atoms. The third-order valence-electron chi connectivity index (χ3n) is 1.66. The molecule has 0 spiro atoms. The van der Waals surface area contributed by atoms with Crippen molar-refractivity contribution >= 4 is 23.3 Å². The molecule has 0 fully saturated rings. The van der Waals surface area contributed by atoms with E-state index in [4.69, 9.17) is 16.7 Å². The zero-order valence-electron chi connectivity index (χ0n) is 7.51. The van der Waals surface area contributed by atoms with Crippen LogP contribution in [0.3, 0.4) is 0 Å². The number of alkyl halides is 2. The summed E-state index contributed by atoms with van der Waals surface area (Å²) < 4.78 is 23.8. The minimum Gasteiger partial charge on any atom is -0.478 e. The van der Waals surface area contributed by atoms with Crippen LogP contribution in [0.25, 0.3) is 0 Å². The van der Waals surface area contributed by atoms with Crippen LogP contribution < -0.4 is 5.32 Å². The number of halogens is 3. The van der Waals surface area contributed by atoms with Crippen molar-refractivity contribution in [3.63, 3.8) is 0 Å². The van der Waals surface area contributed by atoms with Gasteiger partial charge in [0.25, 0.3) is 6.43 Å². The first-order chi connectivity index (χ1) is 7.00. The summed E-state index contributed by atoms with van der Waals surface area (Å²) >= 11 is 5.58. The smallest absolute Gasteiger partial charge is 0.337 e. The Morgan fingerprint density at radius 2 is 2.20 bits per heavy atom. The number of anilines is 1. The van der Waals surface area contributed by atoms with Crippen LogP contribution >= 0.6 is 11.6 Å². The Hall–Kier alpha value is -1.36. The van der Waals surface area contributed by atoms with Crippen molar-refractivity contribution in [2.24, 2.45) is 0 Å². The van der Waals surface area contributed by atoms with Crippen LogP contribution in [-0.2, 0) is 0 Å². The Morgan fingerprint density at radius 1 is 1.53 bits per heavy atom. The van der Waals surface area contributed by atoms with Gasteiger partial charge in [-0.1, -0.05) is 11.6 Å². The maximum atomic E-state index is 11.9. The maximum Gasteiger partial charge on any atom is 0.337 e. The van der Waals surface area contributed by atoms with Crippen molar-refractivity contribution in [1.82, 2.24) is 0 Å². The molecular formula is C9H8ClF2NO2. The van der Waals surface area contributed by atoms with E-state index in [2.05, 4.69) is 5.32 Å². The minimum absolute atomic E-state index is 0.122. The number of nitrogens with one attached hydrogen (secondary N) is 1. The van der Waals surface area contributed by atoms with Crippen LogP contribution in [0.1, 0.15) is 10.4 Å². The topological polar surface area (TPSA) is 49.3 Å². The molecule has 1 aromatic carbocycles. The van der Waals surface area contributed by atoms with E-state index in [1.165, 1.54) is 18.2 Å². The number of hydrogen-bond acceptors (Lipinski definition) is 2. The number of carboxylic acid groups (broad SMARTS) is 1. The van der Waals surface area contributed by atoms with Gasteiger partial charge in [0.2, 0.25) is 0 Å². The normalized spacial score (nSPS) is 10.4. The summed E-state index contributed by atoms with van der Waals surface area (Å²) in [7, 11) is 0. The van der Waals surface area contributed by atoms with Crippen LogP contribution in [0.5, 0.6) is 0 Å². The van der Waals surface area contributed by atoms with Crippen molar-refractivity contribution in [2.75, 3.05) is 11.9 Å². The molecule has 1 rings (SSSR count). The highest BCUT2D eigenvalue weighted by molar-refractivity contribution is 6.31. The van der Waals surface area contributed by atoms with Gasteiger partial charge < -0.3 is 10.4 Å². The van der Waals surface area contributed by atoms with Gasteiger partial charge in [0.15, 0.2) is 0 Å². The average molecular weight is 236 g/mol. The third-order valence-corrected chi connectivity index (χ3v) is 1.89. The van der Waals surface area contributed by atoms with E-state index in [0.29, 0.717) is 0 Å². The molecule has 0 heterocycles. The maximum absolute atomic E-state index is 11.9. The predicted molar refractivity (Wildman–Crippen MR) is 52.9 cm³/mol. The van der Waals surface area contributed by atoms with Crippen molar-refractivity contribution in [3.05, 3.63) is 28.8 Å². The standard InChI is InChI=1S/C9H8ClF2NO2/c10-5-1-2-7(13-4-8(11)12)6(3-5)9(14)15/h1-3,8,13H,4H2,(H,14,15). The second-order valence-electron chi connectivity index (χ2n) is 2.77. The highest BCUT2D eigenvalue weighted by Gasteiger charge is 2.11. The SMILES string of the molecule is O=C(O)c1cc(Cl)ccc1NCC(F)F. The number of carbonyl (C=O) groups is 1. The molecule has 0 atom stereocenters. The summed E-state index contributed by atoms with van der Waals surface area (Å²) in [6, 6.07) is 3.99. The molecule has 0 unspecified atom stereocenters. The first-order valence-corrected chi connectivity index (χ1v) is 4.43. The molecule has 0 aromatic heterocycles. The quantitative estimate of drug-likeness (QED) is 0.844. The van der Waals surface area contributed by atoms with Gasteiger partial charge in [-0.3, -0.25) is 0 Å². The van der Waals surface area contributed by atoms with E-state index in [9.17, 15) is 13.6 Å². The fourth-order valence-electron chi connectivity index (χ4n) is 1.03. The molecular weight excluding hydrogens is 228 g/mol. The van der Waals surface area contributed by atoms with E-state index in [0.717, 1.165) is 0 Å². The molecule has 3 nitrogen and oxygen atoms in total. The highest BCUT2D eigenvalue weighted by Crippen LogP contribution is 2.20. The Balaban J connectivity index is 2.91. The lowest BCUT2D eigenvalue weighted by molar-refractivity contribution is 0.0697. The first-order valence-electron chi connectivity index (χ1n) is 4.05. The van der Waals surface area contributed by atoms with Crippen LogP contribution in [-0.4, -0.2) is 24.0 Å². The van der Waals surface area contributed by atoms with E-state index < -0.39 is 18.9 Å². The van der Waals surface area contributed by atoms with Gasteiger partial charge in [0.05, 0.1) is 12.1 Å². The molecule has 0 saturated carbocycles. The van der Waals surface area contributed by atoms with Gasteiger partial charge in [0, 0.05) is 10.7 Å². The Morgan fingerprint density at radius 3 is 2.73 bits per heavy atom. The second-order valence-corrected chi connectivity index (χ2v) is 3.20. The Bertz CT molecular complexity index is 371. The lowest BCUT2D eigenvalue weighted by Crippen LogP contribution is -2.13. The number of aromatic carboxylic acids is 1. The molecule has 6 heteroatoms. The van der Waals surface area contributed by atoms with Crippen molar-refractivity contribution in [2.45, 2.75) is 6.43 Å². The molecule has 0 amide bonds. The van der Waals surface area contributed by atoms with E-state index in [1.807, 2.05) is 0 Å². The molecule has 0 aliphatic rings. The molecule has 15 heavy (non-hydrogen) atoms. The van der Waals surface area contributed by atoms with Gasteiger partial charge >= 0.3 is 5.97 Å². The summed E-state index contributed by atoms with van der Waals surface area (Å²) in [5.41, 5.74) is 0.00958. The molecule has 0 radical (unpaired) electrons. The van der Waals surface area contributed by atoms with E-state index in [-0.39, 0.29) is 16.3 Å². The van der Waals surface area contributed by atoms with Gasteiger partial charge in [0.1, 0.15) is 0 Å². The number of rotatable bonds is 4. The summed E-state index contributed by atoms with van der Waals surface area (Å²) in [5.74, 6) is -1.21. The third kappa shape index (κ3) is 3.36. The Kier molecular flexibility index (Phi) is 3.85. The van der Waals surface area contributed by atoms with Crippen molar-refractivity contribution < 1.29 is 18.7 Å². The monoisotopic (exact) mass is 235 g/mol. The van der Waals surface area contributed by atoms with Crippen LogP contribution in [0.4, 0.5) is 14.5 Å². The van der Waals surface area contributed by atoms with E-state index >= 15 is 0 Å². The zero-order chi connectivity index (χ0) is 11.4. The van der Waals surface area contributed by atoms with Crippen LogP contribution in [0.15, 0.2) is 18.2 Å². The first kappa shape index (κ1) is 11.7. The van der Waals surface area contributed by atoms with Gasteiger partial charge in [-0.05, 0) is 18.2 Å². The molecule has 82 valence electrons. The highest BCUT2D eigenvalue weighted by atomic mass is 35.5. The fourth-order valence-corrected chi connectivity index (χ4v) is 1.21. The summed E-state index contributed by atoms with van der Waals surface area (Å²) in [4.78, 5) is 10.7. The molecule has 1 aromatic rings. The van der Waals surface area contributed by atoms with Gasteiger partial charge in [-0.2, -0.15) is 0 Å². The second kappa shape index (κ2) is 4.93. The average Bonchev–Trinajstić information content (AvgIpc) is 2.15. The fraction of sp³-hybridized carbons (Fsp3) is 0.222. The predicted octanol–water partition coefficient (Wildman–Crippen LogP) is 2.72. The largest absolute Gasteiger partial charge is 0.478 e. The van der Waals surface area contributed by atoms with Crippen LogP contribution in [0.2, 0.25) is 5.02 Å². The van der Waals surface area contributed by atoms with Crippen molar-refractivity contribution in [3.8, 4) is 0 Å². The zero-order valence-corrected chi connectivity index (χ0v) is 8.26. The number of benzene rings is 1. The van der Waals surface area contributed by atoms with Gasteiger partial charge in [-0.25, -0.2) is 13.6 Å². The molecule has 0 aliphatic heterocycles. The number of carboxylic acids is 1.